The highest BCUT2D eigenvalue weighted by atomic mass is 35.5. The van der Waals surface area contributed by atoms with Crippen molar-refractivity contribution in [3.8, 4) is 5.75 Å². The van der Waals surface area contributed by atoms with E-state index in [0.29, 0.717) is 10.9 Å². The molecule has 1 saturated heterocycles. The molecule has 4 heteroatoms. The molecule has 1 aromatic carbocycles. The number of halogens is 1. The van der Waals surface area contributed by atoms with Gasteiger partial charge in [0.2, 0.25) is 0 Å². The normalized spacial score (nSPS) is 23.4. The summed E-state index contributed by atoms with van der Waals surface area (Å²) in [6.07, 6.45) is 0.977. The highest BCUT2D eigenvalue weighted by molar-refractivity contribution is 6.30. The molecule has 0 spiro atoms. The van der Waals surface area contributed by atoms with Gasteiger partial charge >= 0.3 is 0 Å². The zero-order valence-electron chi connectivity index (χ0n) is 9.93. The van der Waals surface area contributed by atoms with Crippen LogP contribution in [0.5, 0.6) is 5.75 Å². The van der Waals surface area contributed by atoms with Gasteiger partial charge in [-0.3, -0.25) is 0 Å². The molecule has 1 aromatic rings. The summed E-state index contributed by atoms with van der Waals surface area (Å²) in [5.41, 5.74) is 6.17. The van der Waals surface area contributed by atoms with Gasteiger partial charge in [-0.2, -0.15) is 0 Å². The van der Waals surface area contributed by atoms with Crippen molar-refractivity contribution in [2.24, 2.45) is 11.7 Å². The number of rotatable bonds is 4. The molecule has 0 aromatic heterocycles. The van der Waals surface area contributed by atoms with Crippen molar-refractivity contribution < 1.29 is 9.47 Å². The topological polar surface area (TPSA) is 44.5 Å². The van der Waals surface area contributed by atoms with Crippen LogP contribution in [0, 0.1) is 5.92 Å². The van der Waals surface area contributed by atoms with Crippen LogP contribution < -0.4 is 10.5 Å². The smallest absolute Gasteiger partial charge is 0.121 e. The van der Waals surface area contributed by atoms with E-state index >= 15 is 0 Å². The Balaban J connectivity index is 1.93. The van der Waals surface area contributed by atoms with Crippen molar-refractivity contribution in [2.75, 3.05) is 13.2 Å². The van der Waals surface area contributed by atoms with Gasteiger partial charge in [0.05, 0.1) is 6.61 Å². The van der Waals surface area contributed by atoms with E-state index in [4.69, 9.17) is 26.8 Å². The first-order valence-corrected chi connectivity index (χ1v) is 6.30. The predicted octanol–water partition coefficient (Wildman–Crippen LogP) is 2.47. The summed E-state index contributed by atoms with van der Waals surface area (Å²) in [5, 5.41) is 0.674. The Kier molecular flexibility index (Phi) is 4.26. The quantitative estimate of drug-likeness (QED) is 0.899. The Labute approximate surface area is 107 Å². The van der Waals surface area contributed by atoms with Crippen LogP contribution in [0.3, 0.4) is 0 Å². The summed E-state index contributed by atoms with van der Waals surface area (Å²) in [5.74, 6) is 1.16. The van der Waals surface area contributed by atoms with Crippen LogP contribution in [0.4, 0.5) is 0 Å². The Morgan fingerprint density at radius 1 is 1.53 bits per heavy atom. The SMILES string of the molecule is CC(Oc1cccc(Cl)c1)C(N)C1CCOC1. The maximum absolute atomic E-state index is 6.17. The van der Waals surface area contributed by atoms with Crippen molar-refractivity contribution >= 4 is 11.6 Å². The third-order valence-electron chi connectivity index (χ3n) is 3.17. The van der Waals surface area contributed by atoms with Crippen LogP contribution in [-0.2, 0) is 4.74 Å². The average Bonchev–Trinajstić information content (AvgIpc) is 2.81. The molecule has 0 aliphatic carbocycles. The fourth-order valence-corrected chi connectivity index (χ4v) is 2.25. The Morgan fingerprint density at radius 3 is 3.00 bits per heavy atom. The Hall–Kier alpha value is -0.770. The third kappa shape index (κ3) is 3.35. The standard InChI is InChI=1S/C13H18ClNO2/c1-9(13(15)10-5-6-16-8-10)17-12-4-2-3-11(14)7-12/h2-4,7,9-10,13H,5-6,8,15H2,1H3. The highest BCUT2D eigenvalue weighted by Gasteiger charge is 2.28. The monoisotopic (exact) mass is 255 g/mol. The van der Waals surface area contributed by atoms with Gasteiger partial charge in [-0.1, -0.05) is 17.7 Å². The zero-order valence-corrected chi connectivity index (χ0v) is 10.7. The largest absolute Gasteiger partial charge is 0.489 e. The van der Waals surface area contributed by atoms with E-state index in [-0.39, 0.29) is 12.1 Å². The molecule has 17 heavy (non-hydrogen) atoms. The second kappa shape index (κ2) is 5.71. The second-order valence-corrected chi connectivity index (χ2v) is 4.92. The first kappa shape index (κ1) is 12.7. The van der Waals surface area contributed by atoms with Gasteiger partial charge in [-0.05, 0) is 31.5 Å². The van der Waals surface area contributed by atoms with E-state index in [1.54, 1.807) is 6.07 Å². The molecule has 1 aliphatic heterocycles. The van der Waals surface area contributed by atoms with Crippen molar-refractivity contribution in [3.05, 3.63) is 29.3 Å². The van der Waals surface area contributed by atoms with E-state index < -0.39 is 0 Å². The molecule has 0 amide bonds. The summed E-state index contributed by atoms with van der Waals surface area (Å²) in [6.45, 7) is 3.54. The van der Waals surface area contributed by atoms with Gasteiger partial charge in [-0.25, -0.2) is 0 Å². The second-order valence-electron chi connectivity index (χ2n) is 4.48. The molecule has 3 unspecified atom stereocenters. The fraction of sp³-hybridized carbons (Fsp3) is 0.538. The molecule has 1 heterocycles. The maximum Gasteiger partial charge on any atom is 0.121 e. The summed E-state index contributed by atoms with van der Waals surface area (Å²) in [6, 6.07) is 7.38. The molecule has 0 bridgehead atoms. The number of hydrogen-bond acceptors (Lipinski definition) is 3. The summed E-state index contributed by atoms with van der Waals surface area (Å²) in [7, 11) is 0. The first-order valence-electron chi connectivity index (χ1n) is 5.92. The van der Waals surface area contributed by atoms with Crippen LogP contribution in [0.15, 0.2) is 24.3 Å². The Bertz CT molecular complexity index is 366. The highest BCUT2D eigenvalue weighted by Crippen LogP contribution is 2.22. The molecule has 3 nitrogen and oxygen atoms in total. The van der Waals surface area contributed by atoms with Crippen LogP contribution in [0.25, 0.3) is 0 Å². The molecule has 1 fully saturated rings. The van der Waals surface area contributed by atoms with Crippen LogP contribution >= 0.6 is 11.6 Å². The number of benzene rings is 1. The molecule has 0 radical (unpaired) electrons. The zero-order chi connectivity index (χ0) is 12.3. The van der Waals surface area contributed by atoms with Crippen LogP contribution in [-0.4, -0.2) is 25.4 Å². The van der Waals surface area contributed by atoms with E-state index in [2.05, 4.69) is 0 Å². The summed E-state index contributed by atoms with van der Waals surface area (Å²) in [4.78, 5) is 0. The lowest BCUT2D eigenvalue weighted by Gasteiger charge is -2.25. The van der Waals surface area contributed by atoms with Crippen molar-refractivity contribution in [3.63, 3.8) is 0 Å². The predicted molar refractivity (Wildman–Crippen MR) is 68.4 cm³/mol. The molecule has 94 valence electrons. The maximum atomic E-state index is 6.17. The minimum absolute atomic E-state index is 0.00326. The molecule has 3 atom stereocenters. The van der Waals surface area contributed by atoms with Gasteiger partial charge < -0.3 is 15.2 Å². The van der Waals surface area contributed by atoms with Crippen molar-refractivity contribution in [2.45, 2.75) is 25.5 Å². The number of hydrogen-bond donors (Lipinski definition) is 1. The van der Waals surface area contributed by atoms with Gasteiger partial charge in [0, 0.05) is 23.6 Å². The lowest BCUT2D eigenvalue weighted by atomic mass is 9.96. The molecule has 2 rings (SSSR count). The first-order chi connectivity index (χ1) is 8.16. The van der Waals surface area contributed by atoms with E-state index in [9.17, 15) is 0 Å². The van der Waals surface area contributed by atoms with Gasteiger partial charge in [0.15, 0.2) is 0 Å². The molecule has 2 N–H and O–H groups in total. The van der Waals surface area contributed by atoms with Gasteiger partial charge in [-0.15, -0.1) is 0 Å². The molecular formula is C13H18ClNO2. The van der Waals surface area contributed by atoms with Crippen LogP contribution in [0.1, 0.15) is 13.3 Å². The minimum Gasteiger partial charge on any atom is -0.489 e. The fourth-order valence-electron chi connectivity index (χ4n) is 2.07. The summed E-state index contributed by atoms with van der Waals surface area (Å²) < 4.78 is 11.1. The summed E-state index contributed by atoms with van der Waals surface area (Å²) >= 11 is 5.90. The lowest BCUT2D eigenvalue weighted by Crippen LogP contribution is -2.43. The average molecular weight is 256 g/mol. The molecular weight excluding hydrogens is 238 g/mol. The van der Waals surface area contributed by atoms with Gasteiger partial charge in [0.25, 0.3) is 0 Å². The number of ether oxygens (including phenoxy) is 2. The lowest BCUT2D eigenvalue weighted by molar-refractivity contribution is 0.136. The van der Waals surface area contributed by atoms with Crippen LogP contribution in [0.2, 0.25) is 5.02 Å². The van der Waals surface area contributed by atoms with Crippen molar-refractivity contribution in [1.82, 2.24) is 0 Å². The number of nitrogens with two attached hydrogens (primary N) is 1. The van der Waals surface area contributed by atoms with E-state index in [1.807, 2.05) is 25.1 Å². The minimum atomic E-state index is -0.0415. The van der Waals surface area contributed by atoms with E-state index in [0.717, 1.165) is 25.4 Å². The molecule has 1 aliphatic rings. The Morgan fingerprint density at radius 2 is 2.35 bits per heavy atom. The van der Waals surface area contributed by atoms with E-state index in [1.165, 1.54) is 0 Å². The third-order valence-corrected chi connectivity index (χ3v) is 3.40. The molecule has 0 saturated carbocycles. The van der Waals surface area contributed by atoms with Gasteiger partial charge in [0.1, 0.15) is 11.9 Å². The van der Waals surface area contributed by atoms with Crippen molar-refractivity contribution in [1.29, 1.82) is 0 Å².